The zero-order valence-corrected chi connectivity index (χ0v) is 18.0. The molecule has 0 spiro atoms. The van der Waals surface area contributed by atoms with Crippen molar-refractivity contribution in [3.05, 3.63) is 57.7 Å². The first-order valence-electron chi connectivity index (χ1n) is 6.94. The number of thiophene rings is 2. The molecule has 0 bridgehead atoms. The molecule has 0 radical (unpaired) electrons. The fraction of sp³-hybridized carbons (Fsp3) is 0.111. The minimum atomic E-state index is 0. The molecule has 0 aliphatic heterocycles. The molecule has 0 unspecified atom stereocenters. The number of fused-ring (bicyclic) bond motifs is 2. The number of methoxy groups -OCH3 is 2. The normalized spacial score (nSPS) is 9.96. The molecule has 0 aliphatic rings. The van der Waals surface area contributed by atoms with E-state index in [0.717, 1.165) is 16.0 Å². The third kappa shape index (κ3) is 3.94. The number of hydrogen-bond acceptors (Lipinski definition) is 4. The van der Waals surface area contributed by atoms with Crippen LogP contribution < -0.4 is 9.47 Å². The summed E-state index contributed by atoms with van der Waals surface area (Å²) in [5.41, 5.74) is 0. The average Bonchev–Trinajstić information content (AvgIpc) is 3.25. The Morgan fingerprint density at radius 2 is 1.46 bits per heavy atom. The van der Waals surface area contributed by atoms with Crippen LogP contribution in [-0.4, -0.2) is 14.2 Å². The fourth-order valence-corrected chi connectivity index (χ4v) is 4.69. The molecule has 0 saturated heterocycles. The lowest BCUT2D eigenvalue weighted by Crippen LogP contribution is -1.81. The molecule has 0 atom stereocenters. The van der Waals surface area contributed by atoms with Gasteiger partial charge in [-0.25, -0.2) is 0 Å². The zero-order valence-electron chi connectivity index (χ0n) is 13.1. The fourth-order valence-electron chi connectivity index (χ4n) is 2.29. The van der Waals surface area contributed by atoms with E-state index in [1.54, 1.807) is 36.9 Å². The van der Waals surface area contributed by atoms with Crippen molar-refractivity contribution in [1.82, 2.24) is 0 Å². The van der Waals surface area contributed by atoms with Crippen molar-refractivity contribution in [2.45, 2.75) is 0 Å². The Morgan fingerprint density at radius 3 is 2.21 bits per heavy atom. The van der Waals surface area contributed by atoms with Crippen LogP contribution in [0.3, 0.4) is 0 Å². The van der Waals surface area contributed by atoms with Gasteiger partial charge in [-0.1, -0.05) is 28.1 Å². The maximum Gasteiger partial charge on any atom is 0.136 e. The number of benzene rings is 2. The van der Waals surface area contributed by atoms with Crippen molar-refractivity contribution in [1.29, 1.82) is 0 Å². The van der Waals surface area contributed by atoms with Crippen molar-refractivity contribution in [3.8, 4) is 11.5 Å². The van der Waals surface area contributed by atoms with E-state index in [2.05, 4.69) is 44.9 Å². The van der Waals surface area contributed by atoms with E-state index >= 15 is 0 Å². The van der Waals surface area contributed by atoms with Gasteiger partial charge in [0.25, 0.3) is 0 Å². The SMILES string of the molecule is Br.COc1ccc(Br)c2ccsc12.COc1cccc2ccsc12. The summed E-state index contributed by atoms with van der Waals surface area (Å²) in [5.74, 6) is 1.92. The molecule has 0 N–H and O–H groups in total. The number of hydrogen-bond donors (Lipinski definition) is 0. The van der Waals surface area contributed by atoms with E-state index in [0.29, 0.717) is 0 Å². The Labute approximate surface area is 167 Å². The van der Waals surface area contributed by atoms with E-state index in [9.17, 15) is 0 Å². The first kappa shape index (κ1) is 19.2. The van der Waals surface area contributed by atoms with Crippen molar-refractivity contribution >= 4 is 75.8 Å². The Morgan fingerprint density at radius 1 is 0.792 bits per heavy atom. The third-order valence-corrected chi connectivity index (χ3v) is 5.98. The summed E-state index contributed by atoms with van der Waals surface area (Å²) >= 11 is 6.90. The summed E-state index contributed by atoms with van der Waals surface area (Å²) in [6.45, 7) is 0. The number of ether oxygens (including phenoxy) is 2. The van der Waals surface area contributed by atoms with Gasteiger partial charge in [-0.2, -0.15) is 0 Å². The first-order chi connectivity index (χ1) is 11.2. The minimum absolute atomic E-state index is 0. The monoisotopic (exact) mass is 486 g/mol. The van der Waals surface area contributed by atoms with Gasteiger partial charge in [-0.3, -0.25) is 0 Å². The lowest BCUT2D eigenvalue weighted by Gasteiger charge is -2.01. The van der Waals surface area contributed by atoms with Gasteiger partial charge in [0.15, 0.2) is 0 Å². The van der Waals surface area contributed by atoms with Gasteiger partial charge in [0.05, 0.1) is 23.6 Å². The van der Waals surface area contributed by atoms with E-state index in [4.69, 9.17) is 9.47 Å². The summed E-state index contributed by atoms with van der Waals surface area (Å²) in [5, 5.41) is 6.62. The average molecular weight is 488 g/mol. The topological polar surface area (TPSA) is 18.5 Å². The van der Waals surface area contributed by atoms with Crippen LogP contribution >= 0.6 is 55.6 Å². The number of halogens is 2. The Kier molecular flexibility index (Phi) is 7.10. The minimum Gasteiger partial charge on any atom is -0.495 e. The van der Waals surface area contributed by atoms with Crippen LogP contribution in [-0.2, 0) is 0 Å². The van der Waals surface area contributed by atoms with Crippen molar-refractivity contribution in [2.75, 3.05) is 14.2 Å². The van der Waals surface area contributed by atoms with Crippen molar-refractivity contribution < 1.29 is 9.47 Å². The zero-order chi connectivity index (χ0) is 16.2. The highest BCUT2D eigenvalue weighted by Gasteiger charge is 2.04. The van der Waals surface area contributed by atoms with Crippen molar-refractivity contribution in [3.63, 3.8) is 0 Å². The van der Waals surface area contributed by atoms with E-state index < -0.39 is 0 Å². The molecule has 0 aliphatic carbocycles. The molecule has 2 heterocycles. The molecule has 2 aromatic heterocycles. The molecule has 0 amide bonds. The molecule has 2 aromatic carbocycles. The lowest BCUT2D eigenvalue weighted by molar-refractivity contribution is 0.420. The van der Waals surface area contributed by atoms with Crippen molar-refractivity contribution in [2.24, 2.45) is 0 Å². The molecule has 4 rings (SSSR count). The third-order valence-electron chi connectivity index (χ3n) is 3.41. The second-order valence-electron chi connectivity index (χ2n) is 4.71. The van der Waals surface area contributed by atoms with Gasteiger partial charge in [0, 0.05) is 9.86 Å². The highest BCUT2D eigenvalue weighted by atomic mass is 79.9. The van der Waals surface area contributed by atoms with Gasteiger partial charge in [-0.05, 0) is 46.5 Å². The maximum atomic E-state index is 5.23. The predicted molar refractivity (Wildman–Crippen MR) is 115 cm³/mol. The van der Waals surface area contributed by atoms with Crippen LogP contribution in [0.4, 0.5) is 0 Å². The highest BCUT2D eigenvalue weighted by molar-refractivity contribution is 9.10. The molecule has 4 aromatic rings. The Balaban J connectivity index is 0.000000167. The predicted octanol–water partition coefficient (Wildman–Crippen LogP) is 7.16. The molecular weight excluding hydrogens is 472 g/mol. The Hall–Kier alpha value is -1.08. The van der Waals surface area contributed by atoms with Gasteiger partial charge in [-0.15, -0.1) is 39.7 Å². The molecule has 126 valence electrons. The van der Waals surface area contributed by atoms with Gasteiger partial charge >= 0.3 is 0 Å². The molecule has 0 fully saturated rings. The van der Waals surface area contributed by atoms with Crippen LogP contribution in [0, 0.1) is 0 Å². The smallest absolute Gasteiger partial charge is 0.136 e. The van der Waals surface area contributed by atoms with Gasteiger partial charge in [0.2, 0.25) is 0 Å². The van der Waals surface area contributed by atoms with Gasteiger partial charge < -0.3 is 9.47 Å². The van der Waals surface area contributed by atoms with Crippen LogP contribution in [0.2, 0.25) is 0 Å². The second-order valence-corrected chi connectivity index (χ2v) is 7.40. The number of rotatable bonds is 2. The summed E-state index contributed by atoms with van der Waals surface area (Å²) in [4.78, 5) is 0. The van der Waals surface area contributed by atoms with E-state index in [-0.39, 0.29) is 17.0 Å². The molecule has 6 heteroatoms. The van der Waals surface area contributed by atoms with Crippen LogP contribution in [0.5, 0.6) is 11.5 Å². The largest absolute Gasteiger partial charge is 0.495 e. The van der Waals surface area contributed by atoms with Crippen LogP contribution in [0.25, 0.3) is 20.2 Å². The summed E-state index contributed by atoms with van der Waals surface area (Å²) in [7, 11) is 3.40. The molecule has 24 heavy (non-hydrogen) atoms. The summed E-state index contributed by atoms with van der Waals surface area (Å²) in [6, 6.07) is 14.3. The summed E-state index contributed by atoms with van der Waals surface area (Å²) in [6.07, 6.45) is 0. The van der Waals surface area contributed by atoms with E-state index in [1.807, 2.05) is 24.3 Å². The maximum absolute atomic E-state index is 5.23. The van der Waals surface area contributed by atoms with Crippen LogP contribution in [0.1, 0.15) is 0 Å². The standard InChI is InChI=1S/C9H7BrOS.C9H8OS.BrH/c1-11-8-3-2-7(10)6-4-5-12-9(6)8;1-10-8-4-2-3-7-5-6-11-9(7)8;/h2-5H,1H3;2-6H,1H3;1H. The lowest BCUT2D eigenvalue weighted by atomic mass is 10.2. The van der Waals surface area contributed by atoms with Gasteiger partial charge in [0.1, 0.15) is 11.5 Å². The Bertz CT molecular complexity index is 931. The molecule has 0 saturated carbocycles. The second kappa shape index (κ2) is 8.85. The first-order valence-corrected chi connectivity index (χ1v) is 9.49. The highest BCUT2D eigenvalue weighted by Crippen LogP contribution is 2.35. The van der Waals surface area contributed by atoms with Crippen LogP contribution in [0.15, 0.2) is 57.7 Å². The quantitative estimate of drug-likeness (QED) is 0.298. The summed E-state index contributed by atoms with van der Waals surface area (Å²) < 4.78 is 14.0. The molecular formula is C18H16Br2O2S2. The molecule has 2 nitrogen and oxygen atoms in total. The van der Waals surface area contributed by atoms with E-state index in [1.165, 1.54) is 20.2 Å².